The van der Waals surface area contributed by atoms with Crippen molar-refractivity contribution in [3.8, 4) is 12.3 Å². The molecular formula is C25H26N2Si. The molecule has 2 aliphatic carbocycles. The summed E-state index contributed by atoms with van der Waals surface area (Å²) in [4.78, 5) is 0. The molecule has 2 aromatic carbocycles. The number of hydrogen-bond donors (Lipinski definition) is 1. The molecule has 1 heterocycles. The minimum Gasteiger partial charge on any atom is -0.366 e. The molecule has 4 atom stereocenters. The molecule has 0 radical (unpaired) electrons. The van der Waals surface area contributed by atoms with Crippen molar-refractivity contribution >= 4 is 31.0 Å². The quantitative estimate of drug-likeness (QED) is 0.473. The first-order valence-electron chi connectivity index (χ1n) is 10.2. The van der Waals surface area contributed by atoms with E-state index in [4.69, 9.17) is 6.42 Å². The highest BCUT2D eigenvalue weighted by Gasteiger charge is 2.53. The summed E-state index contributed by atoms with van der Waals surface area (Å²) >= 11 is 0. The maximum Gasteiger partial charge on any atom is 0.161 e. The highest BCUT2D eigenvalue weighted by Crippen LogP contribution is 2.57. The highest BCUT2D eigenvalue weighted by molar-refractivity contribution is 6.84. The van der Waals surface area contributed by atoms with Crippen molar-refractivity contribution in [3.63, 3.8) is 0 Å². The van der Waals surface area contributed by atoms with Crippen molar-refractivity contribution in [2.24, 2.45) is 17.8 Å². The Kier molecular flexibility index (Phi) is 3.99. The van der Waals surface area contributed by atoms with Gasteiger partial charge >= 0.3 is 0 Å². The van der Waals surface area contributed by atoms with Gasteiger partial charge in [-0.05, 0) is 48.1 Å². The molecule has 0 amide bonds. The first-order chi connectivity index (χ1) is 13.6. The number of fused-ring (bicyclic) bond motifs is 3. The Balaban J connectivity index is 1.67. The second-order valence-corrected chi connectivity index (χ2v) is 13.1. The van der Waals surface area contributed by atoms with Gasteiger partial charge in [-0.15, -0.1) is 12.3 Å². The lowest BCUT2D eigenvalue weighted by Crippen LogP contribution is -2.53. The van der Waals surface area contributed by atoms with E-state index in [0.717, 1.165) is 6.42 Å². The summed E-state index contributed by atoms with van der Waals surface area (Å²) in [5.74, 6) is 4.64. The van der Waals surface area contributed by atoms with Crippen molar-refractivity contribution in [2.75, 3.05) is 9.88 Å². The van der Waals surface area contributed by atoms with E-state index in [1.54, 1.807) is 0 Å². The van der Waals surface area contributed by atoms with Crippen LogP contribution in [-0.2, 0) is 0 Å². The molecule has 28 heavy (non-hydrogen) atoms. The molecule has 0 aromatic heterocycles. The second-order valence-electron chi connectivity index (χ2n) is 8.69. The molecule has 140 valence electrons. The van der Waals surface area contributed by atoms with E-state index < -0.39 is 8.24 Å². The van der Waals surface area contributed by atoms with Crippen molar-refractivity contribution in [1.29, 1.82) is 0 Å². The average molecular weight is 383 g/mol. The fourth-order valence-electron chi connectivity index (χ4n) is 5.73. The fourth-order valence-corrected chi connectivity index (χ4v) is 10.2. The van der Waals surface area contributed by atoms with Crippen LogP contribution >= 0.6 is 0 Å². The molecule has 1 unspecified atom stereocenters. The number of para-hydroxylation sites is 4. The first kappa shape index (κ1) is 17.4. The SMILES string of the molecule is C#C[C@@H]1C[C@@H]2C=CC=C[C@@H]2C1[Si](C)(C)N1c2ccccc2Nc2ccccc21. The second kappa shape index (κ2) is 6.43. The lowest BCUT2D eigenvalue weighted by Gasteiger charge is -2.48. The van der Waals surface area contributed by atoms with Crippen molar-refractivity contribution in [2.45, 2.75) is 25.1 Å². The largest absolute Gasteiger partial charge is 0.366 e. The minimum atomic E-state index is -2.00. The van der Waals surface area contributed by atoms with Gasteiger partial charge in [-0.1, -0.05) is 61.7 Å². The summed E-state index contributed by atoms with van der Waals surface area (Å²) in [5.41, 5.74) is 5.46. The maximum atomic E-state index is 6.09. The molecule has 0 saturated heterocycles. The molecule has 3 heteroatoms. The fraction of sp³-hybridized carbons (Fsp3) is 0.280. The third-order valence-corrected chi connectivity index (χ3v) is 10.9. The van der Waals surface area contributed by atoms with Gasteiger partial charge in [-0.3, -0.25) is 0 Å². The average Bonchev–Trinajstić information content (AvgIpc) is 3.11. The normalized spacial score (nSPS) is 27.4. The van der Waals surface area contributed by atoms with Crippen LogP contribution in [0.25, 0.3) is 0 Å². The topological polar surface area (TPSA) is 15.3 Å². The van der Waals surface area contributed by atoms with Crippen molar-refractivity contribution < 1.29 is 0 Å². The van der Waals surface area contributed by atoms with Crippen LogP contribution in [0.15, 0.2) is 72.8 Å². The van der Waals surface area contributed by atoms with Crippen LogP contribution in [0.2, 0.25) is 18.6 Å². The van der Waals surface area contributed by atoms with Crippen LogP contribution in [-0.4, -0.2) is 8.24 Å². The van der Waals surface area contributed by atoms with Gasteiger partial charge in [0.05, 0.1) is 22.7 Å². The predicted molar refractivity (Wildman–Crippen MR) is 122 cm³/mol. The van der Waals surface area contributed by atoms with E-state index in [9.17, 15) is 0 Å². The summed E-state index contributed by atoms with van der Waals surface area (Å²) in [6.07, 6.45) is 16.4. The van der Waals surface area contributed by atoms with Crippen LogP contribution in [0.5, 0.6) is 0 Å². The van der Waals surface area contributed by atoms with Gasteiger partial charge in [0.2, 0.25) is 0 Å². The Morgan fingerprint density at radius 2 is 1.57 bits per heavy atom. The van der Waals surface area contributed by atoms with E-state index in [-0.39, 0.29) is 0 Å². The van der Waals surface area contributed by atoms with Crippen molar-refractivity contribution in [1.82, 2.24) is 0 Å². The molecule has 1 aliphatic heterocycles. The van der Waals surface area contributed by atoms with Crippen molar-refractivity contribution in [3.05, 3.63) is 72.8 Å². The van der Waals surface area contributed by atoms with Gasteiger partial charge in [0, 0.05) is 5.92 Å². The lowest BCUT2D eigenvalue weighted by molar-refractivity contribution is 0.543. The summed E-state index contributed by atoms with van der Waals surface area (Å²) in [7, 11) is -2.00. The molecule has 1 saturated carbocycles. The van der Waals surface area contributed by atoms with Gasteiger partial charge in [0.15, 0.2) is 8.24 Å². The molecule has 2 aromatic rings. The monoisotopic (exact) mass is 382 g/mol. The summed E-state index contributed by atoms with van der Waals surface area (Å²) in [6.45, 7) is 5.02. The van der Waals surface area contributed by atoms with Crippen LogP contribution in [0, 0.1) is 30.1 Å². The Bertz CT molecular complexity index is 968. The number of benzene rings is 2. The third-order valence-electron chi connectivity index (χ3n) is 6.84. The Morgan fingerprint density at radius 3 is 2.21 bits per heavy atom. The maximum absolute atomic E-state index is 6.09. The molecule has 1 N–H and O–H groups in total. The number of terminal acetylenes is 1. The summed E-state index contributed by atoms with van der Waals surface area (Å²) < 4.78 is 2.66. The number of nitrogens with zero attached hydrogens (tertiary/aromatic N) is 1. The molecule has 5 rings (SSSR count). The molecule has 0 bridgehead atoms. The molecule has 1 fully saturated rings. The lowest BCUT2D eigenvalue weighted by atomic mass is 9.92. The summed E-state index contributed by atoms with van der Waals surface area (Å²) in [5, 5.41) is 3.63. The molecule has 0 spiro atoms. The van der Waals surface area contributed by atoms with Gasteiger partial charge in [0.25, 0.3) is 0 Å². The molecule has 2 nitrogen and oxygen atoms in total. The predicted octanol–water partition coefficient (Wildman–Crippen LogP) is 6.47. The van der Waals surface area contributed by atoms with E-state index in [1.165, 1.54) is 22.7 Å². The minimum absolute atomic E-state index is 0.332. The summed E-state index contributed by atoms with van der Waals surface area (Å²) in [6, 6.07) is 17.4. The van der Waals surface area contributed by atoms with Crippen LogP contribution < -0.4 is 9.88 Å². The Labute approximate surface area is 169 Å². The Hall–Kier alpha value is -2.70. The van der Waals surface area contributed by atoms with E-state index in [1.807, 2.05) is 0 Å². The van der Waals surface area contributed by atoms with Gasteiger partial charge in [0.1, 0.15) is 0 Å². The highest BCUT2D eigenvalue weighted by atomic mass is 28.3. The number of nitrogens with one attached hydrogen (secondary N) is 1. The number of rotatable bonds is 2. The first-order valence-corrected chi connectivity index (χ1v) is 13.2. The standard InChI is InChI=1S/C25H26N2Si/c1-4-18-17-19-11-5-6-12-20(19)25(18)28(2,3)27-23-15-9-7-13-21(23)26-22-14-8-10-16-24(22)27/h1,5-16,18-20,25-26H,17H2,2-3H3/t18-,19+,20+,25?/m1/s1. The zero-order valence-corrected chi connectivity index (χ0v) is 17.5. The molecular weight excluding hydrogens is 356 g/mol. The van der Waals surface area contributed by atoms with E-state index in [2.05, 4.69) is 102 Å². The third kappa shape index (κ3) is 2.48. The smallest absolute Gasteiger partial charge is 0.161 e. The van der Waals surface area contributed by atoms with Crippen LogP contribution in [0.3, 0.4) is 0 Å². The number of anilines is 4. The Morgan fingerprint density at radius 1 is 0.964 bits per heavy atom. The van der Waals surface area contributed by atoms with Gasteiger partial charge in [-0.2, -0.15) is 0 Å². The van der Waals surface area contributed by atoms with E-state index in [0.29, 0.717) is 23.3 Å². The van der Waals surface area contributed by atoms with E-state index >= 15 is 0 Å². The zero-order chi connectivity index (χ0) is 19.3. The van der Waals surface area contributed by atoms with Crippen LogP contribution in [0.4, 0.5) is 22.7 Å². The zero-order valence-electron chi connectivity index (χ0n) is 16.5. The van der Waals surface area contributed by atoms with Gasteiger partial charge in [-0.25, -0.2) is 0 Å². The van der Waals surface area contributed by atoms with Crippen LogP contribution in [0.1, 0.15) is 6.42 Å². The number of allylic oxidation sites excluding steroid dienone is 4. The molecule has 3 aliphatic rings. The van der Waals surface area contributed by atoms with Gasteiger partial charge < -0.3 is 9.88 Å². The number of hydrogen-bond acceptors (Lipinski definition) is 2.